The van der Waals surface area contributed by atoms with Crippen LogP contribution in [-0.2, 0) is 15.0 Å². The molecule has 4 rings (SSSR count). The Balaban J connectivity index is 1.43. The molecular formula is C27H26N4O4. The van der Waals surface area contributed by atoms with Crippen molar-refractivity contribution in [3.8, 4) is 17.6 Å². The summed E-state index contributed by atoms with van der Waals surface area (Å²) in [6.07, 6.45) is 7.56. The van der Waals surface area contributed by atoms with Crippen molar-refractivity contribution in [2.75, 3.05) is 10.6 Å². The summed E-state index contributed by atoms with van der Waals surface area (Å²) < 4.78 is 11.4. The van der Waals surface area contributed by atoms with Crippen LogP contribution in [0.4, 0.5) is 11.5 Å². The van der Waals surface area contributed by atoms with E-state index in [2.05, 4.69) is 32.6 Å². The van der Waals surface area contributed by atoms with Crippen molar-refractivity contribution in [2.45, 2.75) is 39.5 Å². The first-order valence-electron chi connectivity index (χ1n) is 11.2. The van der Waals surface area contributed by atoms with E-state index in [1.54, 1.807) is 55.6 Å². The smallest absolute Gasteiger partial charge is 0.300 e. The molecule has 2 N–H and O–H groups in total. The number of pyridine rings is 1. The van der Waals surface area contributed by atoms with E-state index in [4.69, 9.17) is 9.26 Å². The van der Waals surface area contributed by atoms with E-state index in [0.717, 1.165) is 10.9 Å². The average molecular weight is 471 g/mol. The molecule has 1 aliphatic rings. The number of ether oxygens (including phenoxy) is 1. The number of allylic oxidation sites excluding steroid dienone is 2. The molecule has 1 aromatic carbocycles. The van der Waals surface area contributed by atoms with Gasteiger partial charge in [0.25, 0.3) is 5.91 Å². The predicted octanol–water partition coefficient (Wildman–Crippen LogP) is 4.96. The highest BCUT2D eigenvalue weighted by Gasteiger charge is 2.23. The van der Waals surface area contributed by atoms with E-state index in [1.165, 1.54) is 0 Å². The molecule has 35 heavy (non-hydrogen) atoms. The summed E-state index contributed by atoms with van der Waals surface area (Å²) >= 11 is 0. The van der Waals surface area contributed by atoms with E-state index in [1.807, 2.05) is 26.8 Å². The molecule has 178 valence electrons. The standard InChI is InChI=1S/C27H26N4O4/c1-5-6-25(32)29-18-9-12-21-20(15-18)22(13-14-28-21)34-19-10-7-17(8-11-19)26(33)30-24-16-23(35-31-24)27(2,3)4/h7,9-17H,8H2,1-4H3,(H,29,32)(H,30,31,33). The largest absolute Gasteiger partial charge is 0.457 e. The molecule has 3 aromatic rings. The van der Waals surface area contributed by atoms with Crippen LogP contribution < -0.4 is 15.4 Å². The van der Waals surface area contributed by atoms with Crippen LogP contribution in [0.15, 0.2) is 65.0 Å². The zero-order valence-electron chi connectivity index (χ0n) is 20.0. The molecular weight excluding hydrogens is 444 g/mol. The van der Waals surface area contributed by atoms with E-state index in [0.29, 0.717) is 35.2 Å². The summed E-state index contributed by atoms with van der Waals surface area (Å²) in [6, 6.07) is 8.85. The number of nitrogens with one attached hydrogen (secondary N) is 2. The highest BCUT2D eigenvalue weighted by atomic mass is 16.5. The quantitative estimate of drug-likeness (QED) is 0.511. The second kappa shape index (κ2) is 9.85. The molecule has 8 nitrogen and oxygen atoms in total. The zero-order chi connectivity index (χ0) is 25.0. The first kappa shape index (κ1) is 23.8. The Morgan fingerprint density at radius 3 is 2.69 bits per heavy atom. The third kappa shape index (κ3) is 5.76. The summed E-state index contributed by atoms with van der Waals surface area (Å²) in [7, 11) is 0. The van der Waals surface area contributed by atoms with Gasteiger partial charge < -0.3 is 19.9 Å². The predicted molar refractivity (Wildman–Crippen MR) is 134 cm³/mol. The first-order valence-corrected chi connectivity index (χ1v) is 11.2. The van der Waals surface area contributed by atoms with Gasteiger partial charge in [-0.05, 0) is 55.7 Å². The number of nitrogens with zero attached hydrogens (tertiary/aromatic N) is 2. The number of amides is 2. The number of anilines is 2. The van der Waals surface area contributed by atoms with Crippen LogP contribution in [0.25, 0.3) is 10.9 Å². The molecule has 1 aliphatic carbocycles. The van der Waals surface area contributed by atoms with Crippen LogP contribution in [0, 0.1) is 17.8 Å². The van der Waals surface area contributed by atoms with Crippen molar-refractivity contribution in [2.24, 2.45) is 5.92 Å². The minimum atomic E-state index is -0.388. The van der Waals surface area contributed by atoms with Gasteiger partial charge in [-0.3, -0.25) is 14.6 Å². The maximum Gasteiger partial charge on any atom is 0.300 e. The first-order chi connectivity index (χ1) is 16.7. The molecule has 0 aliphatic heterocycles. The van der Waals surface area contributed by atoms with Gasteiger partial charge in [0.05, 0.1) is 11.4 Å². The lowest BCUT2D eigenvalue weighted by atomic mass is 9.93. The molecule has 0 radical (unpaired) electrons. The lowest BCUT2D eigenvalue weighted by Gasteiger charge is -2.16. The second-order valence-corrected chi connectivity index (χ2v) is 9.10. The van der Waals surface area contributed by atoms with Crippen molar-refractivity contribution in [1.29, 1.82) is 0 Å². The van der Waals surface area contributed by atoms with Gasteiger partial charge in [0.1, 0.15) is 17.3 Å². The van der Waals surface area contributed by atoms with Crippen molar-refractivity contribution in [3.63, 3.8) is 0 Å². The molecule has 0 saturated heterocycles. The fourth-order valence-electron chi connectivity index (χ4n) is 3.47. The molecule has 1 unspecified atom stereocenters. The Hall–Kier alpha value is -4.38. The summed E-state index contributed by atoms with van der Waals surface area (Å²) in [5.74, 6) is 6.41. The lowest BCUT2D eigenvalue weighted by molar-refractivity contribution is -0.118. The van der Waals surface area contributed by atoms with Crippen LogP contribution in [0.2, 0.25) is 0 Å². The van der Waals surface area contributed by atoms with Crippen LogP contribution in [0.1, 0.15) is 39.9 Å². The van der Waals surface area contributed by atoms with E-state index < -0.39 is 0 Å². The summed E-state index contributed by atoms with van der Waals surface area (Å²) in [5.41, 5.74) is 1.13. The van der Waals surface area contributed by atoms with Crippen molar-refractivity contribution in [3.05, 3.63) is 66.3 Å². The number of benzene rings is 1. The maximum absolute atomic E-state index is 12.7. The van der Waals surface area contributed by atoms with Crippen molar-refractivity contribution in [1.82, 2.24) is 10.1 Å². The van der Waals surface area contributed by atoms with Crippen LogP contribution in [0.3, 0.4) is 0 Å². The summed E-state index contributed by atoms with van der Waals surface area (Å²) in [6.45, 7) is 7.64. The Morgan fingerprint density at radius 2 is 2.00 bits per heavy atom. The SMILES string of the molecule is CC#CC(=O)Nc1ccc2nccc(OC3=CCC(C(=O)Nc4cc(C(C)(C)C)on4)C=C3)c2c1. The Bertz CT molecular complexity index is 1400. The third-order valence-electron chi connectivity index (χ3n) is 5.33. The van der Waals surface area contributed by atoms with Gasteiger partial charge in [-0.25, -0.2) is 0 Å². The van der Waals surface area contributed by atoms with Gasteiger partial charge in [-0.15, -0.1) is 0 Å². The number of carbonyl (C=O) groups is 2. The third-order valence-corrected chi connectivity index (χ3v) is 5.33. The van der Waals surface area contributed by atoms with Crippen LogP contribution in [0.5, 0.6) is 5.75 Å². The maximum atomic E-state index is 12.7. The normalized spacial score (nSPS) is 15.1. The Kier molecular flexibility index (Phi) is 6.69. The average Bonchev–Trinajstić information content (AvgIpc) is 3.29. The number of hydrogen-bond acceptors (Lipinski definition) is 6. The van der Waals surface area contributed by atoms with Crippen molar-refractivity contribution < 1.29 is 18.8 Å². The Morgan fingerprint density at radius 1 is 1.17 bits per heavy atom. The molecule has 0 fully saturated rings. The molecule has 8 heteroatoms. The lowest BCUT2D eigenvalue weighted by Crippen LogP contribution is -2.22. The van der Waals surface area contributed by atoms with Gasteiger partial charge in [0.2, 0.25) is 5.91 Å². The van der Waals surface area contributed by atoms with Gasteiger partial charge in [0.15, 0.2) is 5.82 Å². The fraction of sp³-hybridized carbons (Fsp3) is 0.259. The van der Waals surface area contributed by atoms with Crippen LogP contribution >= 0.6 is 0 Å². The molecule has 2 aromatic heterocycles. The second-order valence-electron chi connectivity index (χ2n) is 9.10. The number of hydrogen-bond donors (Lipinski definition) is 2. The topological polar surface area (TPSA) is 106 Å². The van der Waals surface area contributed by atoms with Gasteiger partial charge in [-0.2, -0.15) is 0 Å². The minimum Gasteiger partial charge on any atom is -0.457 e. The molecule has 0 bridgehead atoms. The zero-order valence-corrected chi connectivity index (χ0v) is 20.0. The highest BCUT2D eigenvalue weighted by Crippen LogP contribution is 2.30. The summed E-state index contributed by atoms with van der Waals surface area (Å²) in [5, 5.41) is 10.2. The van der Waals surface area contributed by atoms with Gasteiger partial charge in [-0.1, -0.05) is 37.9 Å². The summed E-state index contributed by atoms with van der Waals surface area (Å²) in [4.78, 5) is 28.8. The van der Waals surface area contributed by atoms with E-state index in [9.17, 15) is 9.59 Å². The van der Waals surface area contributed by atoms with Crippen LogP contribution in [-0.4, -0.2) is 22.0 Å². The number of carbonyl (C=O) groups excluding carboxylic acids is 2. The fourth-order valence-corrected chi connectivity index (χ4v) is 3.47. The minimum absolute atomic E-state index is 0.171. The van der Waals surface area contributed by atoms with Gasteiger partial charge >= 0.3 is 0 Å². The molecule has 2 amide bonds. The Labute approximate surface area is 203 Å². The number of rotatable bonds is 5. The number of aromatic nitrogens is 2. The molecule has 0 saturated carbocycles. The number of fused-ring (bicyclic) bond motifs is 1. The van der Waals surface area contributed by atoms with E-state index in [-0.39, 0.29) is 23.1 Å². The van der Waals surface area contributed by atoms with E-state index >= 15 is 0 Å². The van der Waals surface area contributed by atoms with Gasteiger partial charge in [0, 0.05) is 28.8 Å². The molecule has 0 spiro atoms. The molecule has 2 heterocycles. The monoisotopic (exact) mass is 470 g/mol. The highest BCUT2D eigenvalue weighted by molar-refractivity contribution is 6.05. The van der Waals surface area contributed by atoms with Crippen molar-refractivity contribution >= 4 is 34.2 Å². The molecule has 1 atom stereocenters.